The summed E-state index contributed by atoms with van der Waals surface area (Å²) in [6, 6.07) is 6.80. The molecule has 7 N–H and O–H groups in total. The molecule has 1 aliphatic heterocycles. The lowest BCUT2D eigenvalue weighted by atomic mass is 10.0. The lowest BCUT2D eigenvalue weighted by Crippen LogP contribution is -2.49. The van der Waals surface area contributed by atoms with Crippen molar-refractivity contribution in [2.75, 3.05) is 132 Å². The van der Waals surface area contributed by atoms with Crippen LogP contribution in [0.1, 0.15) is 95.1 Å². The molecule has 2 atom stereocenters. The Labute approximate surface area is 432 Å². The summed E-state index contributed by atoms with van der Waals surface area (Å²) in [7, 11) is 4.05. The second kappa shape index (κ2) is 38.3. The Kier molecular flexibility index (Phi) is 33.5. The van der Waals surface area contributed by atoms with Gasteiger partial charge in [0.25, 0.3) is 0 Å². The Hall–Kier alpha value is -5.26. The average molecular weight is 1030 g/mol. The van der Waals surface area contributed by atoms with Gasteiger partial charge in [0.2, 0.25) is 17.7 Å². The number of carboxylic acids is 3. The van der Waals surface area contributed by atoms with Crippen LogP contribution >= 0.6 is 0 Å². The first-order chi connectivity index (χ1) is 34.9. The van der Waals surface area contributed by atoms with Gasteiger partial charge in [-0.2, -0.15) is 0 Å². The largest absolute Gasteiger partial charge is 0.481 e. The van der Waals surface area contributed by atoms with E-state index in [1.165, 1.54) is 16.0 Å². The van der Waals surface area contributed by atoms with Crippen molar-refractivity contribution >= 4 is 47.4 Å². The number of aliphatic carboxylic acids is 3. The Morgan fingerprint density at radius 3 is 1.89 bits per heavy atom. The molecule has 5 amide bonds. The molecule has 1 aliphatic rings. The molecule has 0 radical (unpaired) electrons. The molecule has 1 aromatic carbocycles. The number of rotatable bonds is 36. The number of nitrogens with one attached hydrogen (secondary N) is 4. The highest BCUT2D eigenvalue weighted by Gasteiger charge is 2.23. The van der Waals surface area contributed by atoms with Crippen molar-refractivity contribution < 1.29 is 63.1 Å². The molecule has 22 heteroatoms. The molecule has 22 nitrogen and oxygen atoms in total. The molecule has 0 saturated carbocycles. The van der Waals surface area contributed by atoms with E-state index < -0.39 is 42.4 Å². The number of hydrogen-bond acceptors (Lipinski definition) is 14. The summed E-state index contributed by atoms with van der Waals surface area (Å²) in [6.45, 7) is 9.40. The lowest BCUT2D eigenvalue weighted by molar-refractivity contribution is -0.146. The maximum atomic E-state index is 13.7. The van der Waals surface area contributed by atoms with Gasteiger partial charge in [0.15, 0.2) is 5.78 Å². The van der Waals surface area contributed by atoms with E-state index in [-0.39, 0.29) is 82.5 Å². The maximum Gasteiger partial charge on any atom is 0.323 e. The van der Waals surface area contributed by atoms with E-state index in [4.69, 9.17) is 14.6 Å². The molecule has 73 heavy (non-hydrogen) atoms. The van der Waals surface area contributed by atoms with Crippen LogP contribution in [0.4, 0.5) is 4.79 Å². The fourth-order valence-electron chi connectivity index (χ4n) is 7.90. The highest BCUT2D eigenvalue weighted by Crippen LogP contribution is 2.10. The van der Waals surface area contributed by atoms with Gasteiger partial charge in [-0.15, -0.1) is 0 Å². The van der Waals surface area contributed by atoms with E-state index in [9.17, 15) is 48.6 Å². The smallest absolute Gasteiger partial charge is 0.323 e. The van der Waals surface area contributed by atoms with E-state index in [1.54, 1.807) is 6.92 Å². The zero-order chi connectivity index (χ0) is 53.8. The first kappa shape index (κ1) is 63.9. The highest BCUT2D eigenvalue weighted by atomic mass is 16.5. The van der Waals surface area contributed by atoms with Crippen LogP contribution in [0.15, 0.2) is 24.3 Å². The number of carbonyl (C=O) groups excluding carboxylic acids is 5. The Bertz CT molecular complexity index is 1810. The number of ketones is 1. The monoisotopic (exact) mass is 1030 g/mol. The number of hydrogen-bond donors (Lipinski definition) is 7. The van der Waals surface area contributed by atoms with Gasteiger partial charge < -0.3 is 60.8 Å². The number of amides is 5. The number of likely N-dealkylation sites (N-methyl/N-ethyl adjacent to an activating group) is 2. The summed E-state index contributed by atoms with van der Waals surface area (Å²) in [5.41, 5.74) is 2.38. The van der Waals surface area contributed by atoms with Crippen LogP contribution in [0, 0.1) is 6.92 Å². The molecule has 1 saturated heterocycles. The molecule has 0 unspecified atom stereocenters. The van der Waals surface area contributed by atoms with Crippen molar-refractivity contribution in [3.8, 4) is 0 Å². The van der Waals surface area contributed by atoms with Gasteiger partial charge in [0, 0.05) is 104 Å². The van der Waals surface area contributed by atoms with E-state index >= 15 is 0 Å². The van der Waals surface area contributed by atoms with Crippen LogP contribution < -0.4 is 21.3 Å². The molecule has 0 spiro atoms. The first-order valence-electron chi connectivity index (χ1n) is 26.0. The van der Waals surface area contributed by atoms with Crippen LogP contribution in [0.2, 0.25) is 0 Å². The second-order valence-electron chi connectivity index (χ2n) is 19.1. The van der Waals surface area contributed by atoms with Crippen molar-refractivity contribution in [1.29, 1.82) is 0 Å². The average Bonchev–Trinajstić information content (AvgIpc) is 3.33. The molecular weight excluding hydrogens is 947 g/mol. The molecule has 1 fully saturated rings. The number of unbranched alkanes of at least 4 members (excludes halogenated alkanes) is 3. The van der Waals surface area contributed by atoms with E-state index in [0.29, 0.717) is 110 Å². The molecule has 0 aromatic heterocycles. The maximum absolute atomic E-state index is 13.7. The number of ether oxygens (including phenoxy) is 2. The zero-order valence-electron chi connectivity index (χ0n) is 44.0. The standard InChI is InChI=1S/C51H87N9O13/c1-40-16-19-42(20-17-40)12-10-15-45(62)52-22-8-6-13-43(55-46(63)36-58-29-27-56(3)25-26-57(4)28-30-59(32-31-58)37-49(67)68)44(61)14-11-33-72-34-35-73-39-47(64)60(38-50(69)70)24-9-5-7-23-53-51(71)54-41(2)18-21-48(65)66/h16-17,19-20,41,43H,5-15,18,21-39H2,1-4H3,(H,52,62)(H,55,63)(H,65,66)(H,67,68)(H,69,70)(H2,53,54,71)/t41-,43+/m1/s1. The van der Waals surface area contributed by atoms with Crippen LogP contribution in [0.5, 0.6) is 0 Å². The fourth-order valence-corrected chi connectivity index (χ4v) is 7.90. The van der Waals surface area contributed by atoms with Crippen molar-refractivity contribution in [1.82, 2.24) is 45.8 Å². The number of Topliss-reactive ketones (excluding diaryl/α,β-unsaturated/α-hetero) is 1. The van der Waals surface area contributed by atoms with Crippen LogP contribution in [0.25, 0.3) is 0 Å². The Balaban J connectivity index is 1.85. The van der Waals surface area contributed by atoms with Crippen LogP contribution in [-0.4, -0.2) is 231 Å². The Morgan fingerprint density at radius 2 is 1.23 bits per heavy atom. The number of urea groups is 1. The molecule has 414 valence electrons. The third kappa shape index (κ3) is 33.2. The number of carboxylic acid groups (broad SMARTS) is 3. The predicted molar refractivity (Wildman–Crippen MR) is 275 cm³/mol. The predicted octanol–water partition coefficient (Wildman–Crippen LogP) is 1.67. The number of benzene rings is 1. The highest BCUT2D eigenvalue weighted by molar-refractivity contribution is 5.89. The van der Waals surface area contributed by atoms with Crippen molar-refractivity contribution in [3.05, 3.63) is 35.4 Å². The number of aryl methyl sites for hydroxylation is 2. The Morgan fingerprint density at radius 1 is 0.616 bits per heavy atom. The quantitative estimate of drug-likeness (QED) is 0.0471. The molecule has 1 aromatic rings. The van der Waals surface area contributed by atoms with Gasteiger partial charge in [-0.25, -0.2) is 4.79 Å². The van der Waals surface area contributed by atoms with Gasteiger partial charge in [0.1, 0.15) is 13.2 Å². The SMILES string of the molecule is Cc1ccc(CCCC(=O)NCCCC[C@H](NC(=O)CN2CCN(C)CCN(C)CCN(CC(=O)O)CC2)C(=O)CCCOCCOCC(=O)N(CCCCCNC(=O)N[C@H](C)CCC(=O)O)CC(=O)O)cc1. The van der Waals surface area contributed by atoms with Crippen molar-refractivity contribution in [3.63, 3.8) is 0 Å². The molecule has 1 heterocycles. The minimum atomic E-state index is -1.16. The first-order valence-corrected chi connectivity index (χ1v) is 26.0. The number of nitrogens with zero attached hydrogens (tertiary/aromatic N) is 5. The minimum Gasteiger partial charge on any atom is -0.481 e. The third-order valence-corrected chi connectivity index (χ3v) is 12.4. The van der Waals surface area contributed by atoms with Gasteiger partial charge >= 0.3 is 23.9 Å². The second-order valence-corrected chi connectivity index (χ2v) is 19.1. The lowest BCUT2D eigenvalue weighted by Gasteiger charge is -2.31. The zero-order valence-corrected chi connectivity index (χ0v) is 44.0. The van der Waals surface area contributed by atoms with Crippen LogP contribution in [-0.2, 0) is 49.5 Å². The van der Waals surface area contributed by atoms with Gasteiger partial charge in [-0.3, -0.25) is 43.4 Å². The summed E-state index contributed by atoms with van der Waals surface area (Å²) >= 11 is 0. The topological polar surface area (TPSA) is 280 Å². The van der Waals surface area contributed by atoms with E-state index in [1.807, 2.05) is 30.8 Å². The third-order valence-electron chi connectivity index (χ3n) is 12.4. The molecule has 2 rings (SSSR count). The van der Waals surface area contributed by atoms with Crippen molar-refractivity contribution in [2.45, 2.75) is 109 Å². The minimum absolute atomic E-state index is 0.0301. The van der Waals surface area contributed by atoms with Crippen LogP contribution in [0.3, 0.4) is 0 Å². The fraction of sp³-hybridized carbons (Fsp3) is 0.725. The van der Waals surface area contributed by atoms with E-state index in [0.717, 1.165) is 25.9 Å². The van der Waals surface area contributed by atoms with Crippen molar-refractivity contribution in [2.24, 2.45) is 0 Å². The van der Waals surface area contributed by atoms with Gasteiger partial charge in [-0.05, 0) is 97.7 Å². The summed E-state index contributed by atoms with van der Waals surface area (Å²) in [4.78, 5) is 108. The summed E-state index contributed by atoms with van der Waals surface area (Å²) in [5, 5.41) is 39.0. The summed E-state index contributed by atoms with van der Waals surface area (Å²) in [5.74, 6) is -3.99. The van der Waals surface area contributed by atoms with Gasteiger partial charge in [0.05, 0.1) is 32.3 Å². The molecular formula is C51H87N9O13. The normalized spacial score (nSPS) is 15.2. The summed E-state index contributed by atoms with van der Waals surface area (Å²) in [6.07, 6.45) is 6.01. The number of carbonyl (C=O) groups is 8. The molecule has 0 bridgehead atoms. The van der Waals surface area contributed by atoms with E-state index in [2.05, 4.69) is 55.3 Å². The summed E-state index contributed by atoms with van der Waals surface area (Å²) < 4.78 is 11.2. The molecule has 0 aliphatic carbocycles. The van der Waals surface area contributed by atoms with Gasteiger partial charge in [-0.1, -0.05) is 29.8 Å².